The van der Waals surface area contributed by atoms with Crippen molar-refractivity contribution in [3.8, 4) is 11.5 Å². The fourth-order valence-corrected chi connectivity index (χ4v) is 5.89. The van der Waals surface area contributed by atoms with E-state index in [1.54, 1.807) is 12.4 Å². The summed E-state index contributed by atoms with van der Waals surface area (Å²) in [6.07, 6.45) is 14.5. The Morgan fingerprint density at radius 3 is 2.26 bits per heavy atom. The lowest BCUT2D eigenvalue weighted by Gasteiger charge is -2.28. The fraction of sp³-hybridized carbons (Fsp3) is 0.500. The number of hydrogen-bond donors (Lipinski definition) is 3. The van der Waals surface area contributed by atoms with Gasteiger partial charge in [0, 0.05) is 31.3 Å². The molecule has 0 radical (unpaired) electrons. The number of carbonyl (C=O) groups excluding carboxylic acids is 2. The molecule has 0 spiro atoms. The molecule has 0 saturated heterocycles. The number of rotatable bonds is 19. The molecule has 8 nitrogen and oxygen atoms in total. The van der Waals surface area contributed by atoms with Gasteiger partial charge in [0.15, 0.2) is 0 Å². The van der Waals surface area contributed by atoms with Crippen LogP contribution >= 0.6 is 0 Å². The summed E-state index contributed by atoms with van der Waals surface area (Å²) in [5.41, 5.74) is 8.87. The largest absolute Gasteiger partial charge is 0.489 e. The van der Waals surface area contributed by atoms with Crippen molar-refractivity contribution in [1.82, 2.24) is 15.6 Å². The number of ether oxygens (including phenoxy) is 2. The number of pyridine rings is 1. The Bertz CT molecular complexity index is 1310. The van der Waals surface area contributed by atoms with E-state index in [1.807, 2.05) is 60.7 Å². The summed E-state index contributed by atoms with van der Waals surface area (Å²) in [5, 5.41) is 6.18. The lowest BCUT2D eigenvalue weighted by Crippen LogP contribution is -2.50. The Hall–Kier alpha value is -3.91. The van der Waals surface area contributed by atoms with E-state index in [0.29, 0.717) is 38.6 Å². The van der Waals surface area contributed by atoms with Crippen molar-refractivity contribution in [3.63, 3.8) is 0 Å². The number of amides is 2. The van der Waals surface area contributed by atoms with Crippen LogP contribution in [0, 0.1) is 11.8 Å². The third-order valence-electron chi connectivity index (χ3n) is 8.84. The van der Waals surface area contributed by atoms with Crippen molar-refractivity contribution in [2.75, 3.05) is 13.1 Å². The molecule has 2 amide bonds. The average Bonchev–Trinajstić information content (AvgIpc) is 3.10. The van der Waals surface area contributed by atoms with Gasteiger partial charge in [0.05, 0.1) is 0 Å². The Kier molecular flexibility index (Phi) is 14.9. The Balaban J connectivity index is 1.29. The van der Waals surface area contributed by atoms with Crippen LogP contribution < -0.4 is 25.8 Å². The maximum atomic E-state index is 13.3. The maximum Gasteiger partial charge on any atom is 0.242 e. The van der Waals surface area contributed by atoms with Crippen molar-refractivity contribution in [2.24, 2.45) is 17.6 Å². The molecule has 46 heavy (non-hydrogen) atoms. The van der Waals surface area contributed by atoms with Gasteiger partial charge in [-0.05, 0) is 97.7 Å². The third kappa shape index (κ3) is 12.1. The van der Waals surface area contributed by atoms with Gasteiger partial charge in [0.2, 0.25) is 11.8 Å². The first-order chi connectivity index (χ1) is 22.5. The van der Waals surface area contributed by atoms with Crippen LogP contribution in [0.1, 0.15) is 87.8 Å². The molecule has 8 heteroatoms. The first kappa shape index (κ1) is 35.0. The number of nitrogens with two attached hydrogens (primary N) is 1. The molecule has 0 bridgehead atoms. The topological polar surface area (TPSA) is 116 Å². The van der Waals surface area contributed by atoms with Crippen LogP contribution in [0.15, 0.2) is 73.1 Å². The van der Waals surface area contributed by atoms with Crippen LogP contribution in [0.3, 0.4) is 0 Å². The van der Waals surface area contributed by atoms with Crippen molar-refractivity contribution in [3.05, 3.63) is 89.7 Å². The molecule has 1 aliphatic rings. The summed E-state index contributed by atoms with van der Waals surface area (Å²) < 4.78 is 12.0. The average molecular weight is 629 g/mol. The summed E-state index contributed by atoms with van der Waals surface area (Å²) in [4.78, 5) is 30.6. The van der Waals surface area contributed by atoms with Gasteiger partial charge in [-0.25, -0.2) is 0 Å². The normalized spacial score (nSPS) is 16.7. The molecular weight excluding hydrogens is 576 g/mol. The van der Waals surface area contributed by atoms with Crippen LogP contribution in [-0.4, -0.2) is 35.9 Å². The highest BCUT2D eigenvalue weighted by Gasteiger charge is 2.29. The molecule has 1 aromatic heterocycles. The van der Waals surface area contributed by atoms with Crippen molar-refractivity contribution < 1.29 is 19.1 Å². The highest BCUT2D eigenvalue weighted by molar-refractivity contribution is 5.88. The van der Waals surface area contributed by atoms with Gasteiger partial charge in [-0.2, -0.15) is 0 Å². The maximum absolute atomic E-state index is 13.3. The van der Waals surface area contributed by atoms with E-state index in [1.165, 1.54) is 25.7 Å². The molecule has 4 N–H and O–H groups in total. The second-order valence-corrected chi connectivity index (χ2v) is 12.5. The number of carbonyl (C=O) groups is 2. The quantitative estimate of drug-likeness (QED) is 0.130. The van der Waals surface area contributed by atoms with E-state index in [0.717, 1.165) is 66.7 Å². The minimum Gasteiger partial charge on any atom is -0.489 e. The van der Waals surface area contributed by atoms with E-state index < -0.39 is 6.04 Å². The van der Waals surface area contributed by atoms with Gasteiger partial charge in [-0.3, -0.25) is 14.6 Å². The number of benzene rings is 2. The minimum atomic E-state index is -0.624. The van der Waals surface area contributed by atoms with Crippen LogP contribution in [-0.2, 0) is 29.2 Å². The van der Waals surface area contributed by atoms with E-state index in [-0.39, 0.29) is 17.7 Å². The van der Waals surface area contributed by atoms with E-state index >= 15 is 0 Å². The molecule has 0 unspecified atom stereocenters. The zero-order valence-corrected chi connectivity index (χ0v) is 27.4. The molecule has 0 aliphatic heterocycles. The summed E-state index contributed by atoms with van der Waals surface area (Å²) >= 11 is 0. The van der Waals surface area contributed by atoms with Crippen LogP contribution in [0.5, 0.6) is 11.5 Å². The molecule has 1 fully saturated rings. The monoisotopic (exact) mass is 628 g/mol. The molecular formula is C38H52N4O4. The Morgan fingerprint density at radius 2 is 1.52 bits per heavy atom. The molecule has 1 atom stereocenters. The van der Waals surface area contributed by atoms with Crippen LogP contribution in [0.4, 0.5) is 0 Å². The number of aromatic nitrogens is 1. The molecule has 1 aliphatic carbocycles. The minimum absolute atomic E-state index is 0.0258. The molecule has 4 rings (SSSR count). The zero-order chi connectivity index (χ0) is 32.4. The predicted octanol–water partition coefficient (Wildman–Crippen LogP) is 6.51. The molecule has 2 aromatic carbocycles. The lowest BCUT2D eigenvalue weighted by atomic mass is 9.81. The standard InChI is InChI=1S/C38H52N4O4/c1-2-3-4-5-6-7-21-41-38(44)36(42-37(43)33-15-11-30(26-39)12-16-33)25-29-13-17-34(18-14-29)45-28-32-9-8-10-35(24-32)46-27-31-19-22-40-23-20-31/h8-10,13-14,17-20,22-24,30,33,36H,2-7,11-12,15-16,21,25-28,39H2,1H3,(H,41,44)(H,42,43)/t30?,33?,36-/m0/s1. The van der Waals surface area contributed by atoms with Gasteiger partial charge in [0.1, 0.15) is 30.8 Å². The predicted molar refractivity (Wildman–Crippen MR) is 182 cm³/mol. The summed E-state index contributed by atoms with van der Waals surface area (Å²) in [6, 6.07) is 18.9. The highest BCUT2D eigenvalue weighted by Crippen LogP contribution is 2.28. The SMILES string of the molecule is CCCCCCCCNC(=O)[C@H](Cc1ccc(OCc2cccc(OCc3ccncc3)c2)cc1)NC(=O)C1CCC(CN)CC1. The van der Waals surface area contributed by atoms with E-state index in [2.05, 4.69) is 22.5 Å². The molecule has 1 saturated carbocycles. The van der Waals surface area contributed by atoms with Crippen molar-refractivity contribution in [1.29, 1.82) is 0 Å². The van der Waals surface area contributed by atoms with Gasteiger partial charge >= 0.3 is 0 Å². The van der Waals surface area contributed by atoms with Gasteiger partial charge in [-0.1, -0.05) is 63.3 Å². The van der Waals surface area contributed by atoms with Gasteiger partial charge in [0.25, 0.3) is 0 Å². The first-order valence-corrected chi connectivity index (χ1v) is 17.1. The smallest absolute Gasteiger partial charge is 0.242 e. The van der Waals surface area contributed by atoms with Crippen LogP contribution in [0.25, 0.3) is 0 Å². The molecule has 248 valence electrons. The van der Waals surface area contributed by atoms with Crippen molar-refractivity contribution >= 4 is 11.8 Å². The number of nitrogens with zero attached hydrogens (tertiary/aromatic N) is 1. The zero-order valence-electron chi connectivity index (χ0n) is 27.4. The second kappa shape index (κ2) is 19.6. The van der Waals surface area contributed by atoms with Gasteiger partial charge < -0.3 is 25.8 Å². The van der Waals surface area contributed by atoms with E-state index in [4.69, 9.17) is 15.2 Å². The first-order valence-electron chi connectivity index (χ1n) is 17.1. The second-order valence-electron chi connectivity index (χ2n) is 12.5. The summed E-state index contributed by atoms with van der Waals surface area (Å²) in [6.45, 7) is 4.38. The molecule has 3 aromatic rings. The fourth-order valence-electron chi connectivity index (χ4n) is 5.89. The van der Waals surface area contributed by atoms with Crippen molar-refractivity contribution in [2.45, 2.75) is 96.8 Å². The van der Waals surface area contributed by atoms with E-state index in [9.17, 15) is 9.59 Å². The Morgan fingerprint density at radius 1 is 0.826 bits per heavy atom. The van der Waals surface area contributed by atoms with Gasteiger partial charge in [-0.15, -0.1) is 0 Å². The lowest BCUT2D eigenvalue weighted by molar-refractivity contribution is -0.131. The highest BCUT2D eigenvalue weighted by atomic mass is 16.5. The third-order valence-corrected chi connectivity index (χ3v) is 8.84. The summed E-state index contributed by atoms with van der Waals surface area (Å²) in [7, 11) is 0. The number of nitrogens with one attached hydrogen (secondary N) is 2. The molecule has 1 heterocycles. The number of hydrogen-bond acceptors (Lipinski definition) is 6. The Labute approximate surface area is 274 Å². The summed E-state index contributed by atoms with van der Waals surface area (Å²) in [5.74, 6) is 1.80. The van der Waals surface area contributed by atoms with Crippen LogP contribution in [0.2, 0.25) is 0 Å². The number of unbranched alkanes of at least 4 members (excludes halogenated alkanes) is 5.